The van der Waals surface area contributed by atoms with Crippen molar-refractivity contribution in [1.29, 1.82) is 0 Å². The molecule has 3 aromatic rings. The van der Waals surface area contributed by atoms with Crippen molar-refractivity contribution >= 4 is 28.1 Å². The average molecular weight is 420 g/mol. The van der Waals surface area contributed by atoms with Crippen molar-refractivity contribution in [2.75, 3.05) is 16.8 Å². The van der Waals surface area contributed by atoms with Gasteiger partial charge < -0.3 is 4.74 Å². The Morgan fingerprint density at radius 1 is 1.03 bits per heavy atom. The van der Waals surface area contributed by atoms with Crippen molar-refractivity contribution in [3.05, 3.63) is 66.2 Å². The van der Waals surface area contributed by atoms with E-state index in [0.717, 1.165) is 34.7 Å². The number of nitrogens with zero attached hydrogens (tertiary/aromatic N) is 2. The van der Waals surface area contributed by atoms with Gasteiger partial charge in [0, 0.05) is 5.56 Å². The van der Waals surface area contributed by atoms with Crippen molar-refractivity contribution in [3.8, 4) is 5.75 Å². The second-order valence-electron chi connectivity index (χ2n) is 7.99. The number of hydrazine groups is 2. The fourth-order valence-corrected chi connectivity index (χ4v) is 3.88. The van der Waals surface area contributed by atoms with E-state index in [1.54, 1.807) is 24.3 Å². The van der Waals surface area contributed by atoms with E-state index in [1.807, 2.05) is 36.4 Å². The molecule has 0 radical (unpaired) electrons. The number of carbonyl (C=O) groups is 1. The van der Waals surface area contributed by atoms with Crippen molar-refractivity contribution in [2.24, 2.45) is 5.92 Å². The Kier molecular flexibility index (Phi) is 6.39. The van der Waals surface area contributed by atoms with E-state index in [2.05, 4.69) is 19.4 Å². The molecule has 6 heteroatoms. The van der Waals surface area contributed by atoms with Crippen LogP contribution in [0.3, 0.4) is 0 Å². The quantitative estimate of drug-likeness (QED) is 0.490. The number of rotatable bonds is 8. The SMILES string of the molecule is CCCCC(CC)COc1ccc2cc(C(=O)N3NN(O)c4ccccc43)ccc2c1. The smallest absolute Gasteiger partial charge is 0.274 e. The lowest BCUT2D eigenvalue weighted by Crippen LogP contribution is -2.46. The summed E-state index contributed by atoms with van der Waals surface area (Å²) in [6.45, 7) is 5.16. The predicted molar refractivity (Wildman–Crippen MR) is 123 cm³/mol. The molecule has 1 aliphatic heterocycles. The first-order chi connectivity index (χ1) is 15.1. The van der Waals surface area contributed by atoms with Crippen molar-refractivity contribution < 1.29 is 14.7 Å². The topological polar surface area (TPSA) is 65.0 Å². The Morgan fingerprint density at radius 3 is 2.55 bits per heavy atom. The highest BCUT2D eigenvalue weighted by molar-refractivity contribution is 6.10. The minimum absolute atomic E-state index is 0.243. The van der Waals surface area contributed by atoms with E-state index in [1.165, 1.54) is 24.3 Å². The second kappa shape index (κ2) is 9.37. The van der Waals surface area contributed by atoms with E-state index < -0.39 is 0 Å². The molecule has 1 aliphatic rings. The molecule has 1 unspecified atom stereocenters. The van der Waals surface area contributed by atoms with Gasteiger partial charge in [-0.25, -0.2) is 5.01 Å². The van der Waals surface area contributed by atoms with Crippen LogP contribution in [0.5, 0.6) is 5.75 Å². The minimum Gasteiger partial charge on any atom is -0.493 e. The first-order valence-corrected chi connectivity index (χ1v) is 11.0. The summed E-state index contributed by atoms with van der Waals surface area (Å²) in [5.41, 5.74) is 4.34. The number of para-hydroxylation sites is 2. The molecule has 0 bridgehead atoms. The van der Waals surface area contributed by atoms with Gasteiger partial charge in [-0.15, -0.1) is 5.53 Å². The Bertz CT molecular complexity index is 1070. The highest BCUT2D eigenvalue weighted by Gasteiger charge is 2.30. The molecule has 6 nitrogen and oxygen atoms in total. The molecular weight excluding hydrogens is 390 g/mol. The van der Waals surface area contributed by atoms with Crippen molar-refractivity contribution in [1.82, 2.24) is 5.53 Å². The van der Waals surface area contributed by atoms with Crippen molar-refractivity contribution in [3.63, 3.8) is 0 Å². The summed E-state index contributed by atoms with van der Waals surface area (Å²) in [6, 6.07) is 18.7. The predicted octanol–water partition coefficient (Wildman–Crippen LogP) is 5.71. The number of carbonyl (C=O) groups excluding carboxylic acids is 1. The van der Waals surface area contributed by atoms with Crippen LogP contribution in [0.25, 0.3) is 10.8 Å². The standard InChI is InChI=1S/C25H29N3O3/c1-3-5-8-18(4-2)17-31-22-14-13-19-15-21(12-11-20(19)16-22)25(29)27-23-9-6-7-10-24(23)28(30)26-27/h6-7,9-16,18,26,30H,3-5,8,17H2,1-2H3. The molecule has 4 rings (SSSR count). The lowest BCUT2D eigenvalue weighted by molar-refractivity contribution is 0.0957. The van der Waals surface area contributed by atoms with Gasteiger partial charge in [-0.1, -0.05) is 57.4 Å². The van der Waals surface area contributed by atoms with Crippen LogP contribution in [-0.2, 0) is 0 Å². The van der Waals surface area contributed by atoms with Crippen LogP contribution in [0.1, 0.15) is 49.9 Å². The van der Waals surface area contributed by atoms with Crippen LogP contribution < -0.4 is 20.5 Å². The summed E-state index contributed by atoms with van der Waals surface area (Å²) in [4.78, 5) is 13.1. The van der Waals surface area contributed by atoms with Gasteiger partial charge in [-0.3, -0.25) is 10.0 Å². The van der Waals surface area contributed by atoms with Crippen LogP contribution in [0, 0.1) is 5.92 Å². The number of ether oxygens (including phenoxy) is 1. The average Bonchev–Trinajstić information content (AvgIpc) is 3.15. The van der Waals surface area contributed by atoms with Gasteiger partial charge in [0.05, 0.1) is 12.3 Å². The number of amides is 1. The highest BCUT2D eigenvalue weighted by atomic mass is 16.6. The summed E-state index contributed by atoms with van der Waals surface area (Å²) in [7, 11) is 0. The van der Waals surface area contributed by atoms with Crippen LogP contribution in [-0.4, -0.2) is 17.7 Å². The third-order valence-corrected chi connectivity index (χ3v) is 5.84. The Hall–Kier alpha value is -3.09. The van der Waals surface area contributed by atoms with Gasteiger partial charge in [0.1, 0.15) is 11.4 Å². The van der Waals surface area contributed by atoms with Crippen molar-refractivity contribution in [2.45, 2.75) is 39.5 Å². The monoisotopic (exact) mass is 419 g/mol. The maximum Gasteiger partial charge on any atom is 0.274 e. The van der Waals surface area contributed by atoms with Crippen LogP contribution in [0.4, 0.5) is 11.4 Å². The Balaban J connectivity index is 1.49. The number of anilines is 2. The third-order valence-electron chi connectivity index (χ3n) is 5.84. The molecule has 0 fully saturated rings. The van der Waals surface area contributed by atoms with Crippen LogP contribution >= 0.6 is 0 Å². The summed E-state index contributed by atoms with van der Waals surface area (Å²) in [5, 5.41) is 14.2. The number of benzene rings is 3. The summed E-state index contributed by atoms with van der Waals surface area (Å²) in [5.74, 6) is 1.19. The highest BCUT2D eigenvalue weighted by Crippen LogP contribution is 2.33. The number of hydrogen-bond donors (Lipinski definition) is 2. The molecule has 3 aromatic carbocycles. The second-order valence-corrected chi connectivity index (χ2v) is 7.99. The summed E-state index contributed by atoms with van der Waals surface area (Å²) in [6.07, 6.45) is 4.77. The maximum absolute atomic E-state index is 13.1. The number of unbranched alkanes of at least 4 members (excludes halogenated alkanes) is 1. The molecule has 0 spiro atoms. The molecule has 1 heterocycles. The first-order valence-electron chi connectivity index (χ1n) is 11.0. The van der Waals surface area contributed by atoms with Gasteiger partial charge in [0.25, 0.3) is 5.91 Å². The molecule has 0 saturated heterocycles. The zero-order valence-electron chi connectivity index (χ0n) is 18.0. The summed E-state index contributed by atoms with van der Waals surface area (Å²) >= 11 is 0. The number of fused-ring (bicyclic) bond motifs is 2. The van der Waals surface area contributed by atoms with Crippen LogP contribution in [0.15, 0.2) is 60.7 Å². The normalized spacial score (nSPS) is 14.0. The maximum atomic E-state index is 13.1. The lowest BCUT2D eigenvalue weighted by atomic mass is 10.0. The minimum atomic E-state index is -0.243. The molecule has 0 aromatic heterocycles. The molecule has 0 saturated carbocycles. The van der Waals surface area contributed by atoms with Gasteiger partial charge in [0.15, 0.2) is 0 Å². The van der Waals surface area contributed by atoms with Gasteiger partial charge in [-0.2, -0.15) is 5.17 Å². The van der Waals surface area contributed by atoms with E-state index in [-0.39, 0.29) is 5.91 Å². The Labute approximate surface area is 182 Å². The Morgan fingerprint density at radius 2 is 1.77 bits per heavy atom. The molecule has 0 aliphatic carbocycles. The third kappa shape index (κ3) is 4.50. The van der Waals surface area contributed by atoms with E-state index in [0.29, 0.717) is 22.9 Å². The van der Waals surface area contributed by atoms with Gasteiger partial charge >= 0.3 is 0 Å². The molecular formula is C25H29N3O3. The number of nitrogens with one attached hydrogen (secondary N) is 1. The molecule has 1 atom stereocenters. The molecule has 1 amide bonds. The van der Waals surface area contributed by atoms with E-state index >= 15 is 0 Å². The number of hydrogen-bond acceptors (Lipinski definition) is 5. The first kappa shape index (κ1) is 21.2. The summed E-state index contributed by atoms with van der Waals surface area (Å²) < 4.78 is 6.06. The lowest BCUT2D eigenvalue weighted by Gasteiger charge is -2.18. The molecule has 31 heavy (non-hydrogen) atoms. The van der Waals surface area contributed by atoms with Gasteiger partial charge in [0.2, 0.25) is 0 Å². The van der Waals surface area contributed by atoms with Gasteiger partial charge in [-0.05, 0) is 59.5 Å². The van der Waals surface area contributed by atoms with E-state index in [4.69, 9.17) is 4.74 Å². The fraction of sp³-hybridized carbons (Fsp3) is 0.320. The molecule has 162 valence electrons. The largest absolute Gasteiger partial charge is 0.493 e. The fourth-order valence-electron chi connectivity index (χ4n) is 3.88. The molecule has 2 N–H and O–H groups in total. The zero-order chi connectivity index (χ0) is 21.8. The van der Waals surface area contributed by atoms with E-state index in [9.17, 15) is 10.0 Å². The van der Waals surface area contributed by atoms with Crippen LogP contribution in [0.2, 0.25) is 0 Å². The zero-order valence-corrected chi connectivity index (χ0v) is 18.0.